The second-order valence-electron chi connectivity index (χ2n) is 5.86. The van der Waals surface area contributed by atoms with Crippen molar-refractivity contribution in [2.75, 3.05) is 20.6 Å². The fourth-order valence-corrected chi connectivity index (χ4v) is 2.46. The lowest BCUT2D eigenvalue weighted by Gasteiger charge is -2.12. The van der Waals surface area contributed by atoms with Gasteiger partial charge in [-0.1, -0.05) is 0 Å². The largest absolute Gasteiger partial charge is 0.491 e. The number of rotatable bonds is 7. The van der Waals surface area contributed by atoms with Crippen LogP contribution in [0.2, 0.25) is 0 Å². The Morgan fingerprint density at radius 2 is 2.10 bits per heavy atom. The molecule has 5 nitrogen and oxygen atoms in total. The molecule has 1 aromatic carbocycles. The molecule has 0 aliphatic carbocycles. The lowest BCUT2D eigenvalue weighted by molar-refractivity contribution is 0.242. The topological polar surface area (TPSA) is 56.3 Å². The molecule has 116 valence electrons. The number of fused-ring (bicyclic) bond motifs is 1. The quantitative estimate of drug-likeness (QED) is 0.849. The zero-order valence-corrected chi connectivity index (χ0v) is 13.5. The molecule has 2 N–H and O–H groups in total. The van der Waals surface area contributed by atoms with E-state index in [4.69, 9.17) is 10.5 Å². The lowest BCUT2D eigenvalue weighted by Crippen LogP contribution is -2.16. The molecule has 2 aromatic rings. The molecule has 0 bridgehead atoms. The van der Waals surface area contributed by atoms with Gasteiger partial charge in [0.1, 0.15) is 11.6 Å². The molecule has 0 atom stereocenters. The number of imidazole rings is 1. The normalized spacial score (nSPS) is 11.8. The standard InChI is InChI=1S/C16H26N4O/c1-12(2)21-13-6-7-15-14(10-13)18-16(11-17)20(15)9-5-8-19(3)4/h6-7,10,12H,5,8-9,11,17H2,1-4H3. The Morgan fingerprint density at radius 1 is 1.33 bits per heavy atom. The zero-order chi connectivity index (χ0) is 15.4. The predicted octanol–water partition coefficient (Wildman–Crippen LogP) is 2.23. The molecule has 1 aromatic heterocycles. The summed E-state index contributed by atoms with van der Waals surface area (Å²) in [5, 5.41) is 0. The highest BCUT2D eigenvalue weighted by molar-refractivity contribution is 5.77. The van der Waals surface area contributed by atoms with Gasteiger partial charge in [0.05, 0.1) is 23.7 Å². The van der Waals surface area contributed by atoms with E-state index in [0.717, 1.165) is 42.1 Å². The van der Waals surface area contributed by atoms with Gasteiger partial charge in [-0.3, -0.25) is 0 Å². The Labute approximate surface area is 126 Å². The summed E-state index contributed by atoms with van der Waals surface area (Å²) in [6.45, 7) is 6.49. The predicted molar refractivity (Wildman–Crippen MR) is 86.6 cm³/mol. The first-order valence-corrected chi connectivity index (χ1v) is 7.52. The molecule has 0 saturated heterocycles. The highest BCUT2D eigenvalue weighted by Gasteiger charge is 2.11. The Bertz CT molecular complexity index is 589. The van der Waals surface area contributed by atoms with Gasteiger partial charge in [0.25, 0.3) is 0 Å². The molecule has 1 heterocycles. The summed E-state index contributed by atoms with van der Waals surface area (Å²) in [6, 6.07) is 6.08. The zero-order valence-electron chi connectivity index (χ0n) is 13.5. The third-order valence-corrected chi connectivity index (χ3v) is 3.34. The van der Waals surface area contributed by atoms with Crippen molar-refractivity contribution in [1.29, 1.82) is 0 Å². The van der Waals surface area contributed by atoms with E-state index in [9.17, 15) is 0 Å². The van der Waals surface area contributed by atoms with Crippen LogP contribution in [0, 0.1) is 0 Å². The van der Waals surface area contributed by atoms with Crippen molar-refractivity contribution in [3.8, 4) is 5.75 Å². The summed E-state index contributed by atoms with van der Waals surface area (Å²) in [5.74, 6) is 1.80. The number of aryl methyl sites for hydroxylation is 1. The highest BCUT2D eigenvalue weighted by atomic mass is 16.5. The van der Waals surface area contributed by atoms with Gasteiger partial charge in [-0.15, -0.1) is 0 Å². The van der Waals surface area contributed by atoms with Gasteiger partial charge in [-0.2, -0.15) is 0 Å². The Morgan fingerprint density at radius 3 is 2.71 bits per heavy atom. The first-order chi connectivity index (χ1) is 10.0. The van der Waals surface area contributed by atoms with Gasteiger partial charge in [0.15, 0.2) is 0 Å². The van der Waals surface area contributed by atoms with Crippen LogP contribution < -0.4 is 10.5 Å². The van der Waals surface area contributed by atoms with Crippen molar-refractivity contribution in [3.63, 3.8) is 0 Å². The Hall–Kier alpha value is -1.59. The van der Waals surface area contributed by atoms with Gasteiger partial charge in [-0.25, -0.2) is 4.98 Å². The minimum atomic E-state index is 0.165. The fourth-order valence-electron chi connectivity index (χ4n) is 2.46. The fraction of sp³-hybridized carbons (Fsp3) is 0.562. The molecular formula is C16H26N4O. The summed E-state index contributed by atoms with van der Waals surface area (Å²) >= 11 is 0. The van der Waals surface area contributed by atoms with E-state index in [1.54, 1.807) is 0 Å². The number of nitrogens with zero attached hydrogens (tertiary/aromatic N) is 3. The van der Waals surface area contributed by atoms with Crippen molar-refractivity contribution in [2.24, 2.45) is 5.73 Å². The van der Waals surface area contributed by atoms with Crippen LogP contribution in [0.3, 0.4) is 0 Å². The van der Waals surface area contributed by atoms with Crippen molar-refractivity contribution in [2.45, 2.75) is 39.5 Å². The van der Waals surface area contributed by atoms with Crippen molar-refractivity contribution in [3.05, 3.63) is 24.0 Å². The lowest BCUT2D eigenvalue weighted by atomic mass is 10.3. The number of hydrogen-bond acceptors (Lipinski definition) is 4. The summed E-state index contributed by atoms with van der Waals surface area (Å²) in [4.78, 5) is 6.83. The number of benzene rings is 1. The van der Waals surface area contributed by atoms with Gasteiger partial charge >= 0.3 is 0 Å². The second kappa shape index (κ2) is 6.91. The summed E-state index contributed by atoms with van der Waals surface area (Å²) < 4.78 is 7.95. The van der Waals surface area contributed by atoms with Crippen LogP contribution in [0.25, 0.3) is 11.0 Å². The van der Waals surface area contributed by atoms with Crippen molar-refractivity contribution >= 4 is 11.0 Å². The smallest absolute Gasteiger partial charge is 0.123 e. The average molecular weight is 290 g/mol. The van der Waals surface area contributed by atoms with Gasteiger partial charge in [0.2, 0.25) is 0 Å². The van der Waals surface area contributed by atoms with Crippen LogP contribution in [0.1, 0.15) is 26.1 Å². The minimum absolute atomic E-state index is 0.165. The Balaban J connectivity index is 2.26. The van der Waals surface area contributed by atoms with E-state index >= 15 is 0 Å². The molecule has 5 heteroatoms. The molecule has 0 amide bonds. The molecule has 0 saturated carbocycles. The van der Waals surface area contributed by atoms with Crippen LogP contribution >= 0.6 is 0 Å². The van der Waals surface area contributed by atoms with Gasteiger partial charge in [0, 0.05) is 12.6 Å². The van der Waals surface area contributed by atoms with E-state index in [0.29, 0.717) is 6.54 Å². The van der Waals surface area contributed by atoms with E-state index in [1.807, 2.05) is 26.0 Å². The van der Waals surface area contributed by atoms with E-state index in [1.165, 1.54) is 0 Å². The SMILES string of the molecule is CC(C)Oc1ccc2c(c1)nc(CN)n2CCCN(C)C. The number of ether oxygens (including phenoxy) is 1. The molecule has 21 heavy (non-hydrogen) atoms. The van der Waals surface area contributed by atoms with E-state index in [-0.39, 0.29) is 6.10 Å². The summed E-state index contributed by atoms with van der Waals surface area (Å²) in [5.41, 5.74) is 7.93. The highest BCUT2D eigenvalue weighted by Crippen LogP contribution is 2.23. The summed E-state index contributed by atoms with van der Waals surface area (Å²) in [7, 11) is 4.18. The molecule has 0 unspecified atom stereocenters. The molecule has 2 rings (SSSR count). The average Bonchev–Trinajstić information content (AvgIpc) is 2.75. The van der Waals surface area contributed by atoms with Gasteiger partial charge in [-0.05, 0) is 53.0 Å². The maximum Gasteiger partial charge on any atom is 0.123 e. The minimum Gasteiger partial charge on any atom is -0.491 e. The van der Waals surface area contributed by atoms with E-state index < -0.39 is 0 Å². The van der Waals surface area contributed by atoms with Gasteiger partial charge < -0.3 is 19.9 Å². The summed E-state index contributed by atoms with van der Waals surface area (Å²) in [6.07, 6.45) is 1.24. The molecule has 0 spiro atoms. The maximum absolute atomic E-state index is 5.84. The molecule has 0 aliphatic rings. The second-order valence-corrected chi connectivity index (χ2v) is 5.86. The van der Waals surface area contributed by atoms with Crippen LogP contribution in [-0.2, 0) is 13.1 Å². The van der Waals surface area contributed by atoms with Crippen LogP contribution in [0.15, 0.2) is 18.2 Å². The van der Waals surface area contributed by atoms with Crippen LogP contribution in [0.5, 0.6) is 5.75 Å². The maximum atomic E-state index is 5.84. The van der Waals surface area contributed by atoms with Crippen molar-refractivity contribution in [1.82, 2.24) is 14.5 Å². The monoisotopic (exact) mass is 290 g/mol. The van der Waals surface area contributed by atoms with E-state index in [2.05, 4.69) is 34.6 Å². The number of aromatic nitrogens is 2. The first-order valence-electron chi connectivity index (χ1n) is 7.52. The van der Waals surface area contributed by atoms with Crippen LogP contribution in [-0.4, -0.2) is 41.2 Å². The molecule has 0 fully saturated rings. The number of nitrogens with two attached hydrogens (primary N) is 1. The van der Waals surface area contributed by atoms with Crippen LogP contribution in [0.4, 0.5) is 0 Å². The molecular weight excluding hydrogens is 264 g/mol. The first kappa shape index (κ1) is 15.8. The Kier molecular flexibility index (Phi) is 5.20. The molecule has 0 aliphatic heterocycles. The third kappa shape index (κ3) is 3.95. The molecule has 0 radical (unpaired) electrons. The third-order valence-electron chi connectivity index (χ3n) is 3.34. The number of hydrogen-bond donors (Lipinski definition) is 1. The van der Waals surface area contributed by atoms with Crippen molar-refractivity contribution < 1.29 is 4.74 Å².